The summed E-state index contributed by atoms with van der Waals surface area (Å²) < 4.78 is 10.4. The van der Waals surface area contributed by atoms with Gasteiger partial charge in [-0.2, -0.15) is 10.1 Å². The lowest BCUT2D eigenvalue weighted by Gasteiger charge is -2.10. The van der Waals surface area contributed by atoms with Crippen LogP contribution < -0.4 is 10.7 Å². The molecule has 0 aliphatic carbocycles. The van der Waals surface area contributed by atoms with Crippen molar-refractivity contribution in [2.45, 2.75) is 0 Å². The Morgan fingerprint density at radius 3 is 2.59 bits per heavy atom. The summed E-state index contributed by atoms with van der Waals surface area (Å²) >= 11 is 6.23. The monoisotopic (exact) mass is 476 g/mol. The summed E-state index contributed by atoms with van der Waals surface area (Å²) in [6, 6.07) is 16.7. The van der Waals surface area contributed by atoms with Crippen LogP contribution in [0.25, 0.3) is 22.6 Å². The third kappa shape index (κ3) is 4.38. The summed E-state index contributed by atoms with van der Waals surface area (Å²) in [7, 11) is 0. The first-order valence-electron chi connectivity index (χ1n) is 9.72. The van der Waals surface area contributed by atoms with E-state index in [0.717, 1.165) is 0 Å². The van der Waals surface area contributed by atoms with Crippen LogP contribution in [0.2, 0.25) is 5.02 Å². The second-order valence-electron chi connectivity index (χ2n) is 6.82. The molecule has 34 heavy (non-hydrogen) atoms. The van der Waals surface area contributed by atoms with Crippen LogP contribution in [0, 0.1) is 10.1 Å². The number of rotatable bonds is 7. The Hall–Kier alpha value is -4.84. The number of benzene rings is 2. The molecule has 0 radical (unpaired) electrons. The molecule has 0 saturated heterocycles. The van der Waals surface area contributed by atoms with Gasteiger partial charge in [0.05, 0.1) is 21.8 Å². The van der Waals surface area contributed by atoms with Gasteiger partial charge >= 0.3 is 0 Å². The highest BCUT2D eigenvalue weighted by atomic mass is 35.5. The van der Waals surface area contributed by atoms with Crippen molar-refractivity contribution < 1.29 is 14.0 Å². The van der Waals surface area contributed by atoms with Gasteiger partial charge in [-0.1, -0.05) is 35.9 Å². The molecule has 2 N–H and O–H groups in total. The van der Waals surface area contributed by atoms with Gasteiger partial charge in [0.2, 0.25) is 11.3 Å². The molecule has 168 valence electrons. The van der Waals surface area contributed by atoms with E-state index < -0.39 is 4.92 Å². The first-order chi connectivity index (χ1) is 16.6. The minimum atomic E-state index is -0.463. The second-order valence-corrected chi connectivity index (χ2v) is 7.22. The van der Waals surface area contributed by atoms with Crippen molar-refractivity contribution in [3.05, 3.63) is 81.6 Å². The molecule has 3 aromatic heterocycles. The predicted molar refractivity (Wildman–Crippen MR) is 124 cm³/mol. The highest BCUT2D eigenvalue weighted by Gasteiger charge is 2.14. The number of nitro benzene ring substituents is 1. The molecule has 0 aliphatic rings. The average Bonchev–Trinajstić information content (AvgIpc) is 3.50. The van der Waals surface area contributed by atoms with E-state index in [9.17, 15) is 10.1 Å². The van der Waals surface area contributed by atoms with E-state index in [0.29, 0.717) is 33.6 Å². The Kier molecular flexibility index (Phi) is 5.54. The van der Waals surface area contributed by atoms with Crippen molar-refractivity contribution in [2.75, 3.05) is 10.7 Å². The van der Waals surface area contributed by atoms with Gasteiger partial charge in [0, 0.05) is 17.7 Å². The summed E-state index contributed by atoms with van der Waals surface area (Å²) in [4.78, 5) is 19.2. The molecule has 3 heterocycles. The first kappa shape index (κ1) is 21.0. The smallest absolute Gasteiger partial charge is 0.270 e. The third-order valence-electron chi connectivity index (χ3n) is 4.57. The highest BCUT2D eigenvalue weighted by Crippen LogP contribution is 2.29. The summed E-state index contributed by atoms with van der Waals surface area (Å²) in [5.74, 6) is 1.41. The fourth-order valence-electron chi connectivity index (χ4n) is 3.00. The van der Waals surface area contributed by atoms with Crippen molar-refractivity contribution in [1.29, 1.82) is 0 Å². The molecule has 0 amide bonds. The number of fused-ring (bicyclic) bond motifs is 1. The van der Waals surface area contributed by atoms with E-state index in [-0.39, 0.29) is 22.8 Å². The molecule has 0 atom stereocenters. The number of hydrogen-bond donors (Lipinski definition) is 2. The Labute approximate surface area is 195 Å². The van der Waals surface area contributed by atoms with Crippen LogP contribution in [0.3, 0.4) is 0 Å². The Morgan fingerprint density at radius 1 is 1.00 bits per heavy atom. The van der Waals surface area contributed by atoms with Crippen LogP contribution in [0.5, 0.6) is 0 Å². The molecule has 13 heteroatoms. The molecule has 5 aromatic rings. The summed E-state index contributed by atoms with van der Waals surface area (Å²) in [6.07, 6.45) is 1.42. The van der Waals surface area contributed by atoms with Gasteiger partial charge in [0.15, 0.2) is 11.6 Å². The number of nitrogens with one attached hydrogen (secondary N) is 2. The maximum absolute atomic E-state index is 11.0. The van der Waals surface area contributed by atoms with E-state index in [2.05, 4.69) is 40.8 Å². The van der Waals surface area contributed by atoms with Gasteiger partial charge in [-0.3, -0.25) is 15.5 Å². The van der Waals surface area contributed by atoms with Crippen molar-refractivity contribution in [1.82, 2.24) is 20.3 Å². The molecule has 5 rings (SSSR count). The second kappa shape index (κ2) is 8.96. The van der Waals surface area contributed by atoms with E-state index in [1.54, 1.807) is 42.5 Å². The Bertz CT molecular complexity index is 1530. The van der Waals surface area contributed by atoms with Crippen LogP contribution >= 0.6 is 11.6 Å². The number of para-hydroxylation sites is 1. The fraction of sp³-hybridized carbons (Fsp3) is 0. The maximum atomic E-state index is 11.0. The number of nitrogens with zero attached hydrogens (tertiary/aromatic N) is 6. The molecule has 2 aromatic carbocycles. The minimum Gasteiger partial charge on any atom is -0.455 e. The zero-order valence-electron chi connectivity index (χ0n) is 17.0. The van der Waals surface area contributed by atoms with E-state index >= 15 is 0 Å². The lowest BCUT2D eigenvalue weighted by Crippen LogP contribution is -2.03. The highest BCUT2D eigenvalue weighted by molar-refractivity contribution is 6.33. The summed E-state index contributed by atoms with van der Waals surface area (Å²) in [5.41, 5.74) is 4.33. The molecule has 0 bridgehead atoms. The number of aromatic nitrogens is 4. The van der Waals surface area contributed by atoms with Crippen LogP contribution in [0.4, 0.5) is 23.0 Å². The molecule has 0 unspecified atom stereocenters. The lowest BCUT2D eigenvalue weighted by atomic mass is 10.1. The van der Waals surface area contributed by atoms with Crippen molar-refractivity contribution >= 4 is 52.1 Å². The summed E-state index contributed by atoms with van der Waals surface area (Å²) in [5, 5.41) is 26.1. The Balaban J connectivity index is 1.38. The van der Waals surface area contributed by atoms with Crippen LogP contribution in [-0.2, 0) is 0 Å². The fourth-order valence-corrected chi connectivity index (χ4v) is 3.18. The van der Waals surface area contributed by atoms with Crippen LogP contribution in [-0.4, -0.2) is 31.4 Å². The van der Waals surface area contributed by atoms with Crippen LogP contribution in [0.1, 0.15) is 5.76 Å². The van der Waals surface area contributed by atoms with Gasteiger partial charge in [-0.05, 0) is 34.6 Å². The zero-order valence-corrected chi connectivity index (χ0v) is 17.8. The SMILES string of the molecule is O=[N+]([O-])c1cccc(-c2ccc(/C=N/Nc3nc4nonc4nc3Nc3ccccc3Cl)o2)c1. The molecule has 0 aliphatic heterocycles. The first-order valence-corrected chi connectivity index (χ1v) is 10.1. The molecular formula is C21H13ClN8O4. The van der Waals surface area contributed by atoms with Crippen molar-refractivity contribution in [3.63, 3.8) is 0 Å². The average molecular weight is 477 g/mol. The number of halogens is 1. The zero-order chi connectivity index (χ0) is 23.5. The third-order valence-corrected chi connectivity index (χ3v) is 4.90. The van der Waals surface area contributed by atoms with E-state index in [1.807, 2.05) is 6.07 Å². The predicted octanol–water partition coefficient (Wildman–Crippen LogP) is 5.02. The van der Waals surface area contributed by atoms with Crippen molar-refractivity contribution in [3.8, 4) is 11.3 Å². The van der Waals surface area contributed by atoms with E-state index in [4.69, 9.17) is 16.0 Å². The molecule has 0 saturated carbocycles. The van der Waals surface area contributed by atoms with Gasteiger partial charge < -0.3 is 9.73 Å². The van der Waals surface area contributed by atoms with Gasteiger partial charge in [-0.15, -0.1) is 0 Å². The van der Waals surface area contributed by atoms with Crippen molar-refractivity contribution in [2.24, 2.45) is 5.10 Å². The topological polar surface area (TPSA) is 157 Å². The number of furan rings is 1. The molecule has 12 nitrogen and oxygen atoms in total. The molecular weight excluding hydrogens is 464 g/mol. The number of non-ortho nitro benzene ring substituents is 1. The maximum Gasteiger partial charge on any atom is 0.270 e. The number of nitro groups is 1. The Morgan fingerprint density at radius 2 is 1.79 bits per heavy atom. The summed E-state index contributed by atoms with van der Waals surface area (Å²) in [6.45, 7) is 0. The number of hydrazone groups is 1. The van der Waals surface area contributed by atoms with Gasteiger partial charge in [0.1, 0.15) is 11.5 Å². The number of hydrogen-bond acceptors (Lipinski definition) is 11. The molecule has 0 spiro atoms. The molecule has 0 fully saturated rings. The normalized spacial score (nSPS) is 11.2. The van der Waals surface area contributed by atoms with Crippen LogP contribution in [0.15, 0.2) is 74.8 Å². The van der Waals surface area contributed by atoms with Gasteiger partial charge in [0.25, 0.3) is 5.69 Å². The standard InChI is InChI=1S/C21H13ClN8O4/c22-15-6-1-2-7-16(15)24-18-19(26-21-20(25-18)28-34-29-21)27-23-11-14-8-9-17(33-14)12-4-3-5-13(10-12)30(31)32/h1-11H,(H,24,25,28)(H,26,27,29)/b23-11+. The van der Waals surface area contributed by atoms with E-state index in [1.165, 1.54) is 18.3 Å². The number of anilines is 3. The quantitative estimate of drug-likeness (QED) is 0.185. The van der Waals surface area contributed by atoms with Gasteiger partial charge in [-0.25, -0.2) is 9.61 Å². The largest absolute Gasteiger partial charge is 0.455 e. The minimum absolute atomic E-state index is 0.0272. The lowest BCUT2D eigenvalue weighted by molar-refractivity contribution is -0.384.